The Morgan fingerprint density at radius 3 is 2.30 bits per heavy atom. The average Bonchev–Trinajstić information content (AvgIpc) is 3.63. The predicted molar refractivity (Wildman–Crippen MR) is 111 cm³/mol. The lowest BCUT2D eigenvalue weighted by Gasteiger charge is -2.29. The van der Waals surface area contributed by atoms with E-state index in [0.717, 1.165) is 0 Å². The number of nitriles is 1. The zero-order chi connectivity index (χ0) is 24.4. The van der Waals surface area contributed by atoms with E-state index in [2.05, 4.69) is 5.32 Å². The summed E-state index contributed by atoms with van der Waals surface area (Å²) < 4.78 is 67.3. The number of nitrogens with zero attached hydrogens (tertiary/aromatic N) is 2. The van der Waals surface area contributed by atoms with Gasteiger partial charge in [-0.25, -0.2) is 8.42 Å². The first-order valence-electron chi connectivity index (χ1n) is 10.1. The zero-order valence-corrected chi connectivity index (χ0v) is 19.3. The fourth-order valence-corrected chi connectivity index (χ4v) is 6.58. The molecule has 0 unspecified atom stereocenters. The number of benzene rings is 1. The Bertz CT molecular complexity index is 1170. The highest BCUT2D eigenvalue weighted by Crippen LogP contribution is 2.59. The highest BCUT2D eigenvalue weighted by Gasteiger charge is 2.70. The van der Waals surface area contributed by atoms with E-state index in [1.165, 1.54) is 18.2 Å². The maximum atomic E-state index is 13.6. The van der Waals surface area contributed by atoms with Gasteiger partial charge in [0, 0.05) is 11.6 Å². The number of nitrogens with one attached hydrogen (secondary N) is 1. The molecule has 3 fully saturated rings. The molecule has 1 heterocycles. The van der Waals surface area contributed by atoms with Gasteiger partial charge in [0.1, 0.15) is 17.0 Å². The van der Waals surface area contributed by atoms with Crippen molar-refractivity contribution in [3.63, 3.8) is 0 Å². The van der Waals surface area contributed by atoms with Gasteiger partial charge in [-0.1, -0.05) is 23.2 Å². The summed E-state index contributed by atoms with van der Waals surface area (Å²) in [7, 11) is -4.22. The quantitative estimate of drug-likeness (QED) is 0.637. The normalized spacial score (nSPS) is 25.3. The molecule has 1 N–H and O–H groups in total. The Hall–Kier alpha value is -2.03. The summed E-state index contributed by atoms with van der Waals surface area (Å²) in [5.41, 5.74) is -3.75. The molecule has 13 heteroatoms. The number of carbonyl (C=O) groups is 2. The molecule has 2 aliphatic carbocycles. The lowest BCUT2D eigenvalue weighted by Crippen LogP contribution is -2.53. The Kier molecular flexibility index (Phi) is 5.66. The van der Waals surface area contributed by atoms with E-state index < -0.39 is 75.9 Å². The fraction of sp³-hybridized carbons (Fsp3) is 0.550. The van der Waals surface area contributed by atoms with E-state index in [1.54, 1.807) is 0 Å². The number of halogens is 5. The molecule has 1 aliphatic heterocycles. The third-order valence-electron chi connectivity index (χ3n) is 6.49. The van der Waals surface area contributed by atoms with Crippen LogP contribution in [0.2, 0.25) is 10.0 Å². The van der Waals surface area contributed by atoms with Gasteiger partial charge in [0.25, 0.3) is 0 Å². The van der Waals surface area contributed by atoms with Gasteiger partial charge in [0.15, 0.2) is 9.84 Å². The topological polar surface area (TPSA) is 107 Å². The van der Waals surface area contributed by atoms with Crippen molar-refractivity contribution in [3.05, 3.63) is 28.2 Å². The standard InChI is InChI=1S/C20H18Cl2F3N3O4S/c21-11-1-2-15(13(22)7-11)33(31,32)12-8-14(16(29)27-18(10-26)3-4-18)28(9-12)17(30)19(5-6-19)20(23,24)25/h1-2,7,12,14H,3-6,8-9H2,(H,27,29)/t12-,14+/m1/s1. The van der Waals surface area contributed by atoms with Crippen molar-refractivity contribution in [2.45, 2.75) is 60.0 Å². The van der Waals surface area contributed by atoms with Crippen molar-refractivity contribution in [2.75, 3.05) is 6.54 Å². The lowest BCUT2D eigenvalue weighted by atomic mass is 10.0. The van der Waals surface area contributed by atoms with Gasteiger partial charge in [-0.15, -0.1) is 0 Å². The summed E-state index contributed by atoms with van der Waals surface area (Å²) in [6.07, 6.45) is -5.37. The van der Waals surface area contributed by atoms with Gasteiger partial charge in [-0.05, 0) is 50.3 Å². The Labute approximate surface area is 197 Å². The van der Waals surface area contributed by atoms with E-state index in [9.17, 15) is 36.4 Å². The van der Waals surface area contributed by atoms with Gasteiger partial charge in [0.05, 0.1) is 21.2 Å². The molecule has 3 aliphatic rings. The van der Waals surface area contributed by atoms with Crippen LogP contribution in [0, 0.1) is 16.7 Å². The van der Waals surface area contributed by atoms with Gasteiger partial charge >= 0.3 is 6.18 Å². The van der Waals surface area contributed by atoms with Crippen molar-refractivity contribution in [1.82, 2.24) is 10.2 Å². The number of hydrogen-bond acceptors (Lipinski definition) is 5. The molecular formula is C20H18Cl2F3N3O4S. The molecule has 0 bridgehead atoms. The molecule has 2 amide bonds. The number of amides is 2. The third-order valence-corrected chi connectivity index (χ3v) is 9.34. The minimum Gasteiger partial charge on any atom is -0.336 e. The molecule has 2 atom stereocenters. The largest absolute Gasteiger partial charge is 0.403 e. The Morgan fingerprint density at radius 2 is 1.82 bits per heavy atom. The summed E-state index contributed by atoms with van der Waals surface area (Å²) in [5, 5.41) is 10.4. The second kappa shape index (κ2) is 7.75. The van der Waals surface area contributed by atoms with E-state index >= 15 is 0 Å². The molecule has 4 rings (SSSR count). The second-order valence-electron chi connectivity index (χ2n) is 8.71. The molecule has 0 aromatic heterocycles. The van der Waals surface area contributed by atoms with Crippen LogP contribution in [0.25, 0.3) is 0 Å². The van der Waals surface area contributed by atoms with Crippen molar-refractivity contribution in [3.8, 4) is 6.07 Å². The summed E-state index contributed by atoms with van der Waals surface area (Å²) in [4.78, 5) is 26.3. The van der Waals surface area contributed by atoms with E-state index in [-0.39, 0.29) is 14.9 Å². The third kappa shape index (κ3) is 4.06. The maximum Gasteiger partial charge on any atom is 0.403 e. The first-order chi connectivity index (χ1) is 15.3. The van der Waals surface area contributed by atoms with Crippen LogP contribution in [0.3, 0.4) is 0 Å². The molecule has 0 spiro atoms. The molecule has 33 heavy (non-hydrogen) atoms. The molecule has 1 saturated heterocycles. The van der Waals surface area contributed by atoms with Crippen LogP contribution < -0.4 is 5.32 Å². The lowest BCUT2D eigenvalue weighted by molar-refractivity contribution is -0.199. The fourth-order valence-electron chi connectivity index (χ4n) is 4.11. The van der Waals surface area contributed by atoms with Crippen LogP contribution >= 0.6 is 23.2 Å². The number of alkyl halides is 3. The number of hydrogen-bond donors (Lipinski definition) is 1. The summed E-state index contributed by atoms with van der Waals surface area (Å²) in [5.74, 6) is -2.17. The molecule has 1 aromatic carbocycles. The van der Waals surface area contributed by atoms with Gasteiger partial charge in [0.2, 0.25) is 11.8 Å². The zero-order valence-electron chi connectivity index (χ0n) is 17.0. The summed E-state index contributed by atoms with van der Waals surface area (Å²) in [6.45, 7) is -0.602. The predicted octanol–water partition coefficient (Wildman–Crippen LogP) is 3.25. The summed E-state index contributed by atoms with van der Waals surface area (Å²) in [6, 6.07) is 4.16. The van der Waals surface area contributed by atoms with Crippen molar-refractivity contribution in [1.29, 1.82) is 5.26 Å². The highest BCUT2D eigenvalue weighted by molar-refractivity contribution is 7.92. The van der Waals surface area contributed by atoms with Gasteiger partial charge in [-0.2, -0.15) is 18.4 Å². The minimum absolute atomic E-state index is 0.177. The highest BCUT2D eigenvalue weighted by atomic mass is 35.5. The van der Waals surface area contributed by atoms with Crippen LogP contribution in [0.15, 0.2) is 23.1 Å². The van der Waals surface area contributed by atoms with Gasteiger partial charge < -0.3 is 10.2 Å². The van der Waals surface area contributed by atoms with E-state index in [1.807, 2.05) is 6.07 Å². The van der Waals surface area contributed by atoms with Gasteiger partial charge in [-0.3, -0.25) is 9.59 Å². The average molecular weight is 524 g/mol. The van der Waals surface area contributed by atoms with Crippen LogP contribution in [0.5, 0.6) is 0 Å². The number of rotatable bonds is 5. The van der Waals surface area contributed by atoms with Crippen LogP contribution in [0.4, 0.5) is 13.2 Å². The second-order valence-corrected chi connectivity index (χ2v) is 11.8. The van der Waals surface area contributed by atoms with Crippen LogP contribution in [-0.2, 0) is 19.4 Å². The number of likely N-dealkylation sites (tertiary alicyclic amines) is 1. The SMILES string of the molecule is N#CC1(NC(=O)[C@@H]2C[C@@H](S(=O)(=O)c3ccc(Cl)cc3Cl)CN2C(=O)C2(C(F)(F)F)CC2)CC1. The molecular weight excluding hydrogens is 506 g/mol. The van der Waals surface area contributed by atoms with Crippen molar-refractivity contribution >= 4 is 44.9 Å². The van der Waals surface area contributed by atoms with Crippen molar-refractivity contribution in [2.24, 2.45) is 5.41 Å². The molecule has 178 valence electrons. The molecule has 7 nitrogen and oxygen atoms in total. The monoisotopic (exact) mass is 523 g/mol. The number of sulfone groups is 1. The van der Waals surface area contributed by atoms with Crippen LogP contribution in [-0.4, -0.2) is 54.7 Å². The first-order valence-corrected chi connectivity index (χ1v) is 12.4. The smallest absolute Gasteiger partial charge is 0.336 e. The molecule has 1 aromatic rings. The molecule has 2 saturated carbocycles. The van der Waals surface area contributed by atoms with E-state index in [0.29, 0.717) is 17.7 Å². The molecule has 0 radical (unpaired) electrons. The first kappa shape index (κ1) is 24.1. The number of carbonyl (C=O) groups excluding carboxylic acids is 2. The van der Waals surface area contributed by atoms with Crippen molar-refractivity contribution < 1.29 is 31.2 Å². The summed E-state index contributed by atoms with van der Waals surface area (Å²) >= 11 is 11.9. The Morgan fingerprint density at radius 1 is 1.18 bits per heavy atom. The van der Waals surface area contributed by atoms with E-state index in [4.69, 9.17) is 23.2 Å². The van der Waals surface area contributed by atoms with Crippen LogP contribution in [0.1, 0.15) is 32.1 Å². The minimum atomic E-state index is -4.83. The Balaban J connectivity index is 1.67. The maximum absolute atomic E-state index is 13.6.